The number of nitrogens with one attached hydrogen (secondary N) is 1. The first-order valence-electron chi connectivity index (χ1n) is 7.17. The standard InChI is InChI=1S/C15H13Cl2N5O2S/c1-8(14(23)19-12-10(17)6-9(16)7-18-12)25-15-21-20-13(22(15)2)11-4-3-5-24-11/h3-8H,1-2H3,(H,18,19,23)/t8-/m0/s1. The van der Waals surface area contributed by atoms with Crippen LogP contribution < -0.4 is 5.32 Å². The number of hydrogen-bond donors (Lipinski definition) is 1. The quantitative estimate of drug-likeness (QED) is 0.657. The minimum Gasteiger partial charge on any atom is -0.461 e. The van der Waals surface area contributed by atoms with Crippen LogP contribution in [0.5, 0.6) is 0 Å². The van der Waals surface area contributed by atoms with Crippen molar-refractivity contribution in [2.45, 2.75) is 17.3 Å². The van der Waals surface area contributed by atoms with E-state index in [0.717, 1.165) is 0 Å². The van der Waals surface area contributed by atoms with E-state index in [0.29, 0.717) is 21.8 Å². The van der Waals surface area contributed by atoms with Gasteiger partial charge in [0.2, 0.25) is 5.91 Å². The maximum atomic E-state index is 12.4. The van der Waals surface area contributed by atoms with E-state index in [2.05, 4.69) is 20.5 Å². The van der Waals surface area contributed by atoms with Crippen molar-refractivity contribution in [2.24, 2.45) is 7.05 Å². The molecule has 0 bridgehead atoms. The number of hydrogen-bond acceptors (Lipinski definition) is 6. The van der Waals surface area contributed by atoms with Gasteiger partial charge < -0.3 is 14.3 Å². The Morgan fingerprint density at radius 2 is 2.20 bits per heavy atom. The Morgan fingerprint density at radius 3 is 2.88 bits per heavy atom. The van der Waals surface area contributed by atoms with Crippen LogP contribution in [0.4, 0.5) is 5.82 Å². The van der Waals surface area contributed by atoms with Crippen molar-refractivity contribution in [1.29, 1.82) is 0 Å². The number of carbonyl (C=O) groups excluding carboxylic acids is 1. The third-order valence-corrected chi connectivity index (χ3v) is 4.91. The van der Waals surface area contributed by atoms with Gasteiger partial charge in [-0.25, -0.2) is 4.98 Å². The Kier molecular flexibility index (Phi) is 5.31. The number of rotatable bonds is 5. The number of furan rings is 1. The third-order valence-electron chi connectivity index (χ3n) is 3.28. The monoisotopic (exact) mass is 397 g/mol. The van der Waals surface area contributed by atoms with Gasteiger partial charge in [0, 0.05) is 13.2 Å². The summed E-state index contributed by atoms with van der Waals surface area (Å²) in [7, 11) is 1.81. The van der Waals surface area contributed by atoms with E-state index in [9.17, 15) is 4.79 Å². The highest BCUT2D eigenvalue weighted by Gasteiger charge is 2.21. The van der Waals surface area contributed by atoms with Crippen molar-refractivity contribution in [3.05, 3.63) is 40.7 Å². The van der Waals surface area contributed by atoms with Gasteiger partial charge in [-0.1, -0.05) is 35.0 Å². The topological polar surface area (TPSA) is 85.8 Å². The number of aromatic nitrogens is 4. The van der Waals surface area contributed by atoms with Crippen LogP contribution in [0.1, 0.15) is 6.92 Å². The van der Waals surface area contributed by atoms with Crippen molar-refractivity contribution in [3.63, 3.8) is 0 Å². The largest absolute Gasteiger partial charge is 0.461 e. The Hall–Kier alpha value is -2.03. The maximum Gasteiger partial charge on any atom is 0.238 e. The van der Waals surface area contributed by atoms with Crippen molar-refractivity contribution >= 4 is 46.7 Å². The van der Waals surface area contributed by atoms with Crippen molar-refractivity contribution < 1.29 is 9.21 Å². The fourth-order valence-corrected chi connectivity index (χ4v) is 3.22. The molecule has 3 rings (SSSR count). The van der Waals surface area contributed by atoms with E-state index in [1.165, 1.54) is 24.0 Å². The zero-order valence-corrected chi connectivity index (χ0v) is 15.6. The van der Waals surface area contributed by atoms with Gasteiger partial charge >= 0.3 is 0 Å². The average Bonchev–Trinajstić information content (AvgIpc) is 3.20. The second-order valence-electron chi connectivity index (χ2n) is 5.08. The van der Waals surface area contributed by atoms with Crippen molar-refractivity contribution in [2.75, 3.05) is 5.32 Å². The molecule has 0 aromatic carbocycles. The summed E-state index contributed by atoms with van der Waals surface area (Å²) < 4.78 is 7.09. The summed E-state index contributed by atoms with van der Waals surface area (Å²) in [6, 6.07) is 5.08. The Labute approximate surface area is 157 Å². The molecule has 25 heavy (non-hydrogen) atoms. The summed E-state index contributed by atoms with van der Waals surface area (Å²) in [5, 5.41) is 11.7. The van der Waals surface area contributed by atoms with Gasteiger partial charge in [-0.15, -0.1) is 10.2 Å². The molecule has 10 heteroatoms. The number of carbonyl (C=O) groups is 1. The molecule has 0 fully saturated rings. The van der Waals surface area contributed by atoms with Crippen molar-refractivity contribution in [1.82, 2.24) is 19.7 Å². The molecule has 130 valence electrons. The highest BCUT2D eigenvalue weighted by molar-refractivity contribution is 8.00. The summed E-state index contributed by atoms with van der Waals surface area (Å²) in [6.45, 7) is 1.76. The van der Waals surface area contributed by atoms with Gasteiger partial charge in [0.25, 0.3) is 0 Å². The van der Waals surface area contributed by atoms with E-state index in [4.69, 9.17) is 27.6 Å². The summed E-state index contributed by atoms with van der Waals surface area (Å²) >= 11 is 13.1. The van der Waals surface area contributed by atoms with E-state index < -0.39 is 5.25 Å². The molecular weight excluding hydrogens is 385 g/mol. The molecule has 3 aromatic rings. The number of amides is 1. The molecule has 3 heterocycles. The summed E-state index contributed by atoms with van der Waals surface area (Å²) in [5.41, 5.74) is 0. The van der Waals surface area contributed by atoms with Gasteiger partial charge in [-0.2, -0.15) is 0 Å². The molecule has 0 saturated heterocycles. The second kappa shape index (κ2) is 7.47. The third kappa shape index (κ3) is 3.97. The first-order chi connectivity index (χ1) is 12.0. The zero-order valence-electron chi connectivity index (χ0n) is 13.2. The molecule has 7 nitrogen and oxygen atoms in total. The summed E-state index contributed by atoms with van der Waals surface area (Å²) in [5.74, 6) is 1.20. The number of nitrogens with zero attached hydrogens (tertiary/aromatic N) is 4. The lowest BCUT2D eigenvalue weighted by molar-refractivity contribution is -0.115. The van der Waals surface area contributed by atoms with Crippen LogP contribution in [-0.4, -0.2) is 30.9 Å². The second-order valence-corrected chi connectivity index (χ2v) is 7.23. The normalized spacial score (nSPS) is 12.2. The highest BCUT2D eigenvalue weighted by atomic mass is 35.5. The molecule has 1 amide bonds. The fourth-order valence-electron chi connectivity index (χ4n) is 1.97. The van der Waals surface area contributed by atoms with Gasteiger partial charge in [-0.3, -0.25) is 4.79 Å². The molecule has 3 aromatic heterocycles. The first kappa shape index (κ1) is 17.8. The van der Waals surface area contributed by atoms with E-state index >= 15 is 0 Å². The number of thioether (sulfide) groups is 1. The molecular formula is C15H13Cl2N5O2S. The van der Waals surface area contributed by atoms with Crippen molar-refractivity contribution in [3.8, 4) is 11.6 Å². The average molecular weight is 398 g/mol. The minimum absolute atomic E-state index is 0.260. The lowest BCUT2D eigenvalue weighted by atomic mass is 10.4. The van der Waals surface area contributed by atoms with Crippen LogP contribution >= 0.6 is 35.0 Å². The minimum atomic E-state index is -0.444. The van der Waals surface area contributed by atoms with Gasteiger partial charge in [0.05, 0.1) is 21.6 Å². The molecule has 0 aliphatic heterocycles. The number of halogens is 2. The zero-order chi connectivity index (χ0) is 18.0. The van der Waals surface area contributed by atoms with Gasteiger partial charge in [0.1, 0.15) is 0 Å². The molecule has 1 atom stereocenters. The molecule has 0 aliphatic rings. The van der Waals surface area contributed by atoms with E-state index in [1.807, 2.05) is 7.05 Å². The van der Waals surface area contributed by atoms with E-state index in [-0.39, 0.29) is 16.7 Å². The Bertz CT molecular complexity index is 897. The SMILES string of the molecule is C[C@H](Sc1nnc(-c2ccco2)n1C)C(=O)Nc1ncc(Cl)cc1Cl. The van der Waals surface area contributed by atoms with Crippen LogP contribution in [0, 0.1) is 0 Å². The van der Waals surface area contributed by atoms with Crippen LogP contribution in [0.3, 0.4) is 0 Å². The first-order valence-corrected chi connectivity index (χ1v) is 8.81. The fraction of sp³-hybridized carbons (Fsp3) is 0.200. The Morgan fingerprint density at radius 1 is 1.40 bits per heavy atom. The maximum absolute atomic E-state index is 12.4. The molecule has 0 unspecified atom stereocenters. The smallest absolute Gasteiger partial charge is 0.238 e. The number of pyridine rings is 1. The van der Waals surface area contributed by atoms with Gasteiger partial charge in [-0.05, 0) is 25.1 Å². The van der Waals surface area contributed by atoms with Crippen LogP contribution in [0.2, 0.25) is 10.0 Å². The molecule has 0 aliphatic carbocycles. The van der Waals surface area contributed by atoms with Crippen LogP contribution in [0.15, 0.2) is 40.2 Å². The van der Waals surface area contributed by atoms with E-state index in [1.54, 1.807) is 29.9 Å². The predicted molar refractivity (Wildman–Crippen MR) is 96.9 cm³/mol. The lowest BCUT2D eigenvalue weighted by Gasteiger charge is -2.12. The van der Waals surface area contributed by atoms with Gasteiger partial charge in [0.15, 0.2) is 22.6 Å². The summed E-state index contributed by atoms with van der Waals surface area (Å²) in [4.78, 5) is 16.4. The Balaban J connectivity index is 1.69. The van der Waals surface area contributed by atoms with Crippen LogP contribution in [0.25, 0.3) is 11.6 Å². The molecule has 0 spiro atoms. The summed E-state index contributed by atoms with van der Waals surface area (Å²) in [6.07, 6.45) is 2.98. The molecule has 0 saturated carbocycles. The lowest BCUT2D eigenvalue weighted by Crippen LogP contribution is -2.23. The number of anilines is 1. The molecule has 0 radical (unpaired) electrons. The molecule has 1 N–H and O–H groups in total. The predicted octanol–water partition coefficient (Wildman–Crippen LogP) is 3.90. The van der Waals surface area contributed by atoms with Crippen LogP contribution in [-0.2, 0) is 11.8 Å². The highest BCUT2D eigenvalue weighted by Crippen LogP contribution is 2.27.